The highest BCUT2D eigenvalue weighted by Crippen LogP contribution is 2.31. The molecule has 20 heavy (non-hydrogen) atoms. The number of thioether (sulfide) groups is 1. The minimum Gasteiger partial charge on any atom is -0.342 e. The molecule has 1 aliphatic carbocycles. The van der Waals surface area contributed by atoms with Crippen molar-refractivity contribution in [2.24, 2.45) is 0 Å². The van der Waals surface area contributed by atoms with Gasteiger partial charge in [0.05, 0.1) is 5.75 Å². The molecule has 110 valence electrons. The number of rotatable bonds is 4. The summed E-state index contributed by atoms with van der Waals surface area (Å²) in [6, 6.07) is 0. The van der Waals surface area contributed by atoms with Gasteiger partial charge in [-0.2, -0.15) is 0 Å². The summed E-state index contributed by atoms with van der Waals surface area (Å²) >= 11 is 1.66. The van der Waals surface area contributed by atoms with E-state index in [4.69, 9.17) is 6.42 Å². The lowest BCUT2D eigenvalue weighted by molar-refractivity contribution is -0.140. The minimum absolute atomic E-state index is 0.0130. The van der Waals surface area contributed by atoms with Crippen LogP contribution in [0, 0.1) is 12.3 Å². The summed E-state index contributed by atoms with van der Waals surface area (Å²) in [6.07, 6.45) is 10.4. The van der Waals surface area contributed by atoms with Crippen molar-refractivity contribution in [3.8, 4) is 12.3 Å². The first-order chi connectivity index (χ1) is 9.68. The fraction of sp³-hybridized carbons (Fsp3) is 0.733. The van der Waals surface area contributed by atoms with Gasteiger partial charge >= 0.3 is 0 Å². The van der Waals surface area contributed by atoms with E-state index in [1.54, 1.807) is 11.8 Å². The van der Waals surface area contributed by atoms with Gasteiger partial charge in [0.25, 0.3) is 0 Å². The average molecular weight is 294 g/mol. The molecular formula is C15H22N2O2S. The summed E-state index contributed by atoms with van der Waals surface area (Å²) in [5, 5.41) is 3.01. The van der Waals surface area contributed by atoms with Gasteiger partial charge in [0.15, 0.2) is 0 Å². The molecule has 0 aromatic rings. The lowest BCUT2D eigenvalue weighted by Crippen LogP contribution is -2.58. The monoisotopic (exact) mass is 294 g/mol. The zero-order chi connectivity index (χ0) is 14.4. The standard InChI is InChI=1S/C15H22N2O2S/c1-2-11-20-12-10-17-9-6-13(18)16-15(14(17)19)7-4-3-5-8-15/h1H,3-12H2,(H,16,18). The molecule has 1 saturated heterocycles. The highest BCUT2D eigenvalue weighted by molar-refractivity contribution is 7.99. The molecule has 1 N–H and O–H groups in total. The largest absolute Gasteiger partial charge is 0.342 e. The molecule has 2 amide bonds. The molecule has 2 fully saturated rings. The summed E-state index contributed by atoms with van der Waals surface area (Å²) in [7, 11) is 0. The maximum absolute atomic E-state index is 12.8. The summed E-state index contributed by atoms with van der Waals surface area (Å²) in [4.78, 5) is 26.5. The van der Waals surface area contributed by atoms with Gasteiger partial charge in [0.2, 0.25) is 11.8 Å². The molecule has 1 aliphatic heterocycles. The Morgan fingerprint density at radius 2 is 2.05 bits per heavy atom. The average Bonchev–Trinajstić information content (AvgIpc) is 2.56. The fourth-order valence-corrected chi connectivity index (χ4v) is 3.65. The highest BCUT2D eigenvalue weighted by Gasteiger charge is 2.44. The van der Waals surface area contributed by atoms with Crippen LogP contribution in [0.2, 0.25) is 0 Å². The number of carbonyl (C=O) groups excluding carboxylic acids is 2. The Bertz CT molecular complexity index is 411. The molecule has 0 radical (unpaired) electrons. The first-order valence-corrected chi connectivity index (χ1v) is 8.45. The zero-order valence-corrected chi connectivity index (χ0v) is 12.6. The Balaban J connectivity index is 2.03. The van der Waals surface area contributed by atoms with Crippen LogP contribution in [0.15, 0.2) is 0 Å². The van der Waals surface area contributed by atoms with E-state index in [0.29, 0.717) is 25.3 Å². The van der Waals surface area contributed by atoms with Crippen molar-refractivity contribution < 1.29 is 9.59 Å². The van der Waals surface area contributed by atoms with Gasteiger partial charge in [-0.1, -0.05) is 25.2 Å². The number of hydrogen-bond donors (Lipinski definition) is 1. The Labute approximate surface area is 125 Å². The predicted molar refractivity (Wildman–Crippen MR) is 81.3 cm³/mol. The molecule has 4 nitrogen and oxygen atoms in total. The van der Waals surface area contributed by atoms with Crippen molar-refractivity contribution in [2.45, 2.75) is 44.1 Å². The van der Waals surface area contributed by atoms with E-state index >= 15 is 0 Å². The third kappa shape index (κ3) is 3.49. The van der Waals surface area contributed by atoms with E-state index in [-0.39, 0.29) is 11.8 Å². The fourth-order valence-electron chi connectivity index (χ4n) is 3.04. The van der Waals surface area contributed by atoms with Gasteiger partial charge < -0.3 is 10.2 Å². The van der Waals surface area contributed by atoms with Gasteiger partial charge in [0, 0.05) is 25.3 Å². The number of terminal acetylenes is 1. The minimum atomic E-state index is -0.622. The van der Waals surface area contributed by atoms with Crippen LogP contribution in [-0.4, -0.2) is 46.8 Å². The molecule has 0 aromatic carbocycles. The van der Waals surface area contributed by atoms with Crippen LogP contribution in [-0.2, 0) is 9.59 Å². The van der Waals surface area contributed by atoms with Gasteiger partial charge in [-0.25, -0.2) is 0 Å². The van der Waals surface area contributed by atoms with Crippen molar-refractivity contribution in [3.05, 3.63) is 0 Å². The summed E-state index contributed by atoms with van der Waals surface area (Å²) in [6.45, 7) is 1.21. The third-order valence-corrected chi connectivity index (χ3v) is 4.92. The molecule has 5 heteroatoms. The molecule has 0 atom stereocenters. The van der Waals surface area contributed by atoms with E-state index < -0.39 is 5.54 Å². The molecule has 1 spiro atoms. The number of carbonyl (C=O) groups is 2. The van der Waals surface area contributed by atoms with Crippen molar-refractivity contribution >= 4 is 23.6 Å². The van der Waals surface area contributed by atoms with Crippen LogP contribution in [0.25, 0.3) is 0 Å². The van der Waals surface area contributed by atoms with Crippen LogP contribution in [0.5, 0.6) is 0 Å². The quantitative estimate of drug-likeness (QED) is 0.630. The van der Waals surface area contributed by atoms with Gasteiger partial charge in [-0.15, -0.1) is 18.2 Å². The Hall–Kier alpha value is -1.15. The molecule has 0 bridgehead atoms. The topological polar surface area (TPSA) is 49.4 Å². The maximum Gasteiger partial charge on any atom is 0.248 e. The molecule has 2 aliphatic rings. The van der Waals surface area contributed by atoms with Crippen LogP contribution in [0.4, 0.5) is 0 Å². The number of nitrogens with zero attached hydrogens (tertiary/aromatic N) is 1. The second-order valence-electron chi connectivity index (χ2n) is 5.49. The third-order valence-electron chi connectivity index (χ3n) is 4.08. The van der Waals surface area contributed by atoms with Crippen molar-refractivity contribution in [3.63, 3.8) is 0 Å². The summed E-state index contributed by atoms with van der Waals surface area (Å²) in [5.41, 5.74) is -0.622. The second-order valence-corrected chi connectivity index (χ2v) is 6.60. The predicted octanol–water partition coefficient (Wildman–Crippen LogP) is 1.40. The lowest BCUT2D eigenvalue weighted by atomic mass is 9.80. The number of amides is 2. The maximum atomic E-state index is 12.8. The lowest BCUT2D eigenvalue weighted by Gasteiger charge is -2.38. The zero-order valence-electron chi connectivity index (χ0n) is 11.8. The van der Waals surface area contributed by atoms with Gasteiger partial charge in [-0.3, -0.25) is 9.59 Å². The smallest absolute Gasteiger partial charge is 0.248 e. The molecule has 2 rings (SSSR count). The van der Waals surface area contributed by atoms with E-state index in [1.165, 1.54) is 0 Å². The van der Waals surface area contributed by atoms with Gasteiger partial charge in [-0.05, 0) is 12.8 Å². The molecule has 1 saturated carbocycles. The van der Waals surface area contributed by atoms with Crippen molar-refractivity contribution in [1.29, 1.82) is 0 Å². The summed E-state index contributed by atoms with van der Waals surface area (Å²) in [5.74, 6) is 4.22. The highest BCUT2D eigenvalue weighted by atomic mass is 32.2. The van der Waals surface area contributed by atoms with E-state index in [0.717, 1.165) is 37.9 Å². The van der Waals surface area contributed by atoms with Crippen molar-refractivity contribution in [1.82, 2.24) is 10.2 Å². The molecule has 1 heterocycles. The SMILES string of the molecule is C#CCSCCN1CCC(=O)NC2(CCCCC2)C1=O. The number of nitrogens with one attached hydrogen (secondary N) is 1. The summed E-state index contributed by atoms with van der Waals surface area (Å²) < 4.78 is 0. The van der Waals surface area contributed by atoms with Crippen LogP contribution in [0.3, 0.4) is 0 Å². The first kappa shape index (κ1) is 15.2. The van der Waals surface area contributed by atoms with Crippen LogP contribution >= 0.6 is 11.8 Å². The molecule has 0 aromatic heterocycles. The first-order valence-electron chi connectivity index (χ1n) is 7.29. The second kappa shape index (κ2) is 7.03. The Kier molecular flexibility index (Phi) is 5.36. The Morgan fingerprint density at radius 1 is 1.30 bits per heavy atom. The van der Waals surface area contributed by atoms with Gasteiger partial charge in [0.1, 0.15) is 5.54 Å². The molecule has 0 unspecified atom stereocenters. The normalized spacial score (nSPS) is 22.2. The van der Waals surface area contributed by atoms with Crippen molar-refractivity contribution in [2.75, 3.05) is 24.6 Å². The van der Waals surface area contributed by atoms with Crippen LogP contribution < -0.4 is 5.32 Å². The van der Waals surface area contributed by atoms with E-state index in [9.17, 15) is 9.59 Å². The van der Waals surface area contributed by atoms with E-state index in [1.807, 2.05) is 4.90 Å². The van der Waals surface area contributed by atoms with Crippen LogP contribution in [0.1, 0.15) is 38.5 Å². The number of hydrogen-bond acceptors (Lipinski definition) is 3. The van der Waals surface area contributed by atoms with E-state index in [2.05, 4.69) is 11.2 Å². The molecular weight excluding hydrogens is 272 g/mol. The Morgan fingerprint density at radius 3 is 2.75 bits per heavy atom.